The van der Waals surface area contributed by atoms with E-state index in [0.29, 0.717) is 17.1 Å². The summed E-state index contributed by atoms with van der Waals surface area (Å²) in [6.07, 6.45) is 0. The van der Waals surface area contributed by atoms with Crippen LogP contribution >= 0.6 is 0 Å². The summed E-state index contributed by atoms with van der Waals surface area (Å²) in [7, 11) is 0. The number of H-pyrrole nitrogens is 2. The minimum absolute atomic E-state index is 0.156. The van der Waals surface area contributed by atoms with Crippen LogP contribution in [-0.4, -0.2) is 31.6 Å². The highest BCUT2D eigenvalue weighted by atomic mass is 16.1. The van der Waals surface area contributed by atoms with E-state index in [-0.39, 0.29) is 11.4 Å². The fourth-order valence-corrected chi connectivity index (χ4v) is 2.66. The highest BCUT2D eigenvalue weighted by Crippen LogP contribution is 2.25. The number of aromatic nitrogens is 4. The molecule has 6 heteroatoms. The van der Waals surface area contributed by atoms with Gasteiger partial charge in [-0.2, -0.15) is 5.10 Å². The van der Waals surface area contributed by atoms with E-state index in [0.717, 1.165) is 16.7 Å². The number of hydrogen-bond donors (Lipinski definition) is 3. The maximum atomic E-state index is 12.6. The fraction of sp³-hybridized carbons (Fsp3) is 0.389. The lowest BCUT2D eigenvalue weighted by molar-refractivity contribution is 0.0919. The molecule has 3 N–H and O–H groups in total. The first kappa shape index (κ1) is 16.2. The summed E-state index contributed by atoms with van der Waals surface area (Å²) in [6.45, 7) is 11.8. The summed E-state index contributed by atoms with van der Waals surface area (Å²) in [4.78, 5) is 20.5. The lowest BCUT2D eigenvalue weighted by atomic mass is 10.1. The summed E-state index contributed by atoms with van der Waals surface area (Å²) in [5.41, 5.74) is 5.66. The SMILES string of the molecule is Cc1cc2nc(-c3n[nH]c(C)c3C(=O)NC(C)(C)C)[nH]c2cc1C. The fourth-order valence-electron chi connectivity index (χ4n) is 2.66. The van der Waals surface area contributed by atoms with E-state index in [2.05, 4.69) is 45.4 Å². The highest BCUT2D eigenvalue weighted by molar-refractivity contribution is 6.01. The molecular formula is C18H23N5O. The largest absolute Gasteiger partial charge is 0.347 e. The third-order valence-corrected chi connectivity index (χ3v) is 3.98. The van der Waals surface area contributed by atoms with Gasteiger partial charge >= 0.3 is 0 Å². The molecule has 24 heavy (non-hydrogen) atoms. The van der Waals surface area contributed by atoms with E-state index in [1.165, 1.54) is 11.1 Å². The summed E-state index contributed by atoms with van der Waals surface area (Å²) in [5.74, 6) is 0.440. The molecule has 1 aromatic carbocycles. The molecular weight excluding hydrogens is 302 g/mol. The molecule has 0 aliphatic rings. The average Bonchev–Trinajstić information content (AvgIpc) is 3.00. The smallest absolute Gasteiger partial charge is 0.255 e. The molecule has 0 saturated heterocycles. The molecule has 0 spiro atoms. The number of imidazole rings is 1. The summed E-state index contributed by atoms with van der Waals surface area (Å²) in [5, 5.41) is 10.2. The van der Waals surface area contributed by atoms with Gasteiger partial charge in [-0.15, -0.1) is 0 Å². The lowest BCUT2D eigenvalue weighted by Gasteiger charge is -2.20. The zero-order valence-corrected chi connectivity index (χ0v) is 15.0. The Balaban J connectivity index is 2.09. The first-order valence-corrected chi connectivity index (χ1v) is 8.00. The van der Waals surface area contributed by atoms with Gasteiger partial charge in [-0.05, 0) is 64.8 Å². The Morgan fingerprint density at radius 3 is 2.46 bits per heavy atom. The van der Waals surface area contributed by atoms with Gasteiger partial charge in [-0.1, -0.05) is 0 Å². The van der Waals surface area contributed by atoms with Crippen LogP contribution in [0.25, 0.3) is 22.6 Å². The van der Waals surface area contributed by atoms with Gasteiger partial charge < -0.3 is 10.3 Å². The maximum Gasteiger partial charge on any atom is 0.255 e. The summed E-state index contributed by atoms with van der Waals surface area (Å²) in [6, 6.07) is 4.11. The van der Waals surface area contributed by atoms with E-state index in [1.54, 1.807) is 0 Å². The summed E-state index contributed by atoms with van der Waals surface area (Å²) >= 11 is 0. The molecule has 126 valence electrons. The van der Waals surface area contributed by atoms with E-state index in [9.17, 15) is 4.79 Å². The lowest BCUT2D eigenvalue weighted by Crippen LogP contribution is -2.40. The number of hydrogen-bond acceptors (Lipinski definition) is 3. The van der Waals surface area contributed by atoms with Gasteiger partial charge in [-0.25, -0.2) is 4.98 Å². The van der Waals surface area contributed by atoms with Gasteiger partial charge in [0.1, 0.15) is 5.69 Å². The van der Waals surface area contributed by atoms with Crippen molar-refractivity contribution in [3.63, 3.8) is 0 Å². The number of carbonyl (C=O) groups is 1. The van der Waals surface area contributed by atoms with E-state index in [4.69, 9.17) is 0 Å². The van der Waals surface area contributed by atoms with Crippen molar-refractivity contribution in [3.8, 4) is 11.5 Å². The molecule has 0 radical (unpaired) electrons. The predicted octanol–water partition coefficient (Wildman–Crippen LogP) is 3.41. The molecule has 0 atom stereocenters. The highest BCUT2D eigenvalue weighted by Gasteiger charge is 2.24. The van der Waals surface area contributed by atoms with Gasteiger partial charge in [0.05, 0.1) is 16.6 Å². The Bertz CT molecular complexity index is 888. The van der Waals surface area contributed by atoms with Crippen LogP contribution in [-0.2, 0) is 0 Å². The molecule has 1 amide bonds. The van der Waals surface area contributed by atoms with Gasteiger partial charge in [0, 0.05) is 11.2 Å². The molecule has 0 aliphatic heterocycles. The monoisotopic (exact) mass is 325 g/mol. The predicted molar refractivity (Wildman–Crippen MR) is 95.1 cm³/mol. The van der Waals surface area contributed by atoms with Crippen molar-refractivity contribution in [1.82, 2.24) is 25.5 Å². The van der Waals surface area contributed by atoms with Crippen molar-refractivity contribution >= 4 is 16.9 Å². The molecule has 0 aliphatic carbocycles. The topological polar surface area (TPSA) is 86.5 Å². The van der Waals surface area contributed by atoms with Crippen LogP contribution in [0.4, 0.5) is 0 Å². The average molecular weight is 325 g/mol. The van der Waals surface area contributed by atoms with Crippen molar-refractivity contribution in [2.24, 2.45) is 0 Å². The van der Waals surface area contributed by atoms with Crippen molar-refractivity contribution in [2.75, 3.05) is 0 Å². The number of amides is 1. The number of nitrogens with one attached hydrogen (secondary N) is 3. The molecule has 3 aromatic rings. The minimum Gasteiger partial charge on any atom is -0.347 e. The molecule has 0 bridgehead atoms. The van der Waals surface area contributed by atoms with Crippen LogP contribution in [0.5, 0.6) is 0 Å². The van der Waals surface area contributed by atoms with Crippen LogP contribution in [0.2, 0.25) is 0 Å². The van der Waals surface area contributed by atoms with Crippen molar-refractivity contribution < 1.29 is 4.79 Å². The molecule has 6 nitrogen and oxygen atoms in total. The standard InChI is InChI=1S/C18H23N5O/c1-9-7-12-13(8-10(9)2)20-16(19-12)15-14(11(3)22-23-15)17(24)21-18(4,5)6/h7-8H,1-6H3,(H,19,20)(H,21,24)(H,22,23). The number of fused-ring (bicyclic) bond motifs is 1. The van der Waals surface area contributed by atoms with Crippen molar-refractivity contribution in [3.05, 3.63) is 34.5 Å². The molecule has 2 heterocycles. The van der Waals surface area contributed by atoms with E-state index < -0.39 is 0 Å². The number of carbonyl (C=O) groups excluding carboxylic acids is 1. The second-order valence-corrected chi connectivity index (χ2v) is 7.32. The van der Waals surface area contributed by atoms with Gasteiger partial charge in [0.2, 0.25) is 0 Å². The normalized spacial score (nSPS) is 11.9. The Labute approximate surface area is 141 Å². The quantitative estimate of drug-likeness (QED) is 0.675. The Kier molecular flexibility index (Phi) is 3.70. The van der Waals surface area contributed by atoms with Crippen LogP contribution in [0, 0.1) is 20.8 Å². The molecule has 0 fully saturated rings. The molecule has 0 saturated carbocycles. The van der Waals surface area contributed by atoms with E-state index in [1.807, 2.05) is 33.8 Å². The van der Waals surface area contributed by atoms with Crippen LogP contribution in [0.3, 0.4) is 0 Å². The number of benzene rings is 1. The summed E-state index contributed by atoms with van der Waals surface area (Å²) < 4.78 is 0. The third-order valence-electron chi connectivity index (χ3n) is 3.98. The van der Waals surface area contributed by atoms with Gasteiger partial charge in [-0.3, -0.25) is 9.89 Å². The minimum atomic E-state index is -0.319. The Morgan fingerprint density at radius 1 is 1.12 bits per heavy atom. The number of rotatable bonds is 2. The van der Waals surface area contributed by atoms with Crippen molar-refractivity contribution in [2.45, 2.75) is 47.1 Å². The zero-order chi connectivity index (χ0) is 17.6. The van der Waals surface area contributed by atoms with Crippen LogP contribution in [0.1, 0.15) is 48.0 Å². The molecule has 2 aromatic heterocycles. The van der Waals surface area contributed by atoms with Gasteiger partial charge in [0.15, 0.2) is 5.82 Å². The molecule has 3 rings (SSSR count). The number of aromatic amines is 2. The number of nitrogens with zero attached hydrogens (tertiary/aromatic N) is 2. The second-order valence-electron chi connectivity index (χ2n) is 7.32. The third kappa shape index (κ3) is 2.91. The Hall–Kier alpha value is -2.63. The Morgan fingerprint density at radius 2 is 1.79 bits per heavy atom. The van der Waals surface area contributed by atoms with Gasteiger partial charge in [0.25, 0.3) is 5.91 Å². The maximum absolute atomic E-state index is 12.6. The van der Waals surface area contributed by atoms with E-state index >= 15 is 0 Å². The zero-order valence-electron chi connectivity index (χ0n) is 15.0. The first-order chi connectivity index (χ1) is 11.2. The van der Waals surface area contributed by atoms with Crippen LogP contribution in [0.15, 0.2) is 12.1 Å². The molecule has 0 unspecified atom stereocenters. The second kappa shape index (κ2) is 5.47. The first-order valence-electron chi connectivity index (χ1n) is 8.00. The number of aryl methyl sites for hydroxylation is 3. The van der Waals surface area contributed by atoms with Crippen LogP contribution < -0.4 is 5.32 Å². The van der Waals surface area contributed by atoms with Crippen molar-refractivity contribution in [1.29, 1.82) is 0 Å².